The Kier molecular flexibility index (Phi) is 5.69. The maximum atomic E-state index is 12.1. The van der Waals surface area contributed by atoms with Crippen LogP contribution in [-0.2, 0) is 4.79 Å². The Balaban J connectivity index is 2.70. The lowest BCUT2D eigenvalue weighted by Crippen LogP contribution is -2.25. The standard InChI is InChI=1S/C13H17F2NO3/c1-9(16(2)7-6-12(17)18)10-4-3-5-11(8-10)19-13(14)15/h3-5,8-9,13H,6-7H2,1-2H3,(H,17,18). The average Bonchev–Trinajstić information content (AvgIpc) is 2.34. The molecule has 0 radical (unpaired) electrons. The first-order valence-electron chi connectivity index (χ1n) is 5.87. The van der Waals surface area contributed by atoms with E-state index in [1.165, 1.54) is 12.1 Å². The van der Waals surface area contributed by atoms with Gasteiger partial charge in [0.25, 0.3) is 0 Å². The molecule has 0 fully saturated rings. The van der Waals surface area contributed by atoms with E-state index in [0.717, 1.165) is 5.56 Å². The van der Waals surface area contributed by atoms with E-state index in [9.17, 15) is 13.6 Å². The highest BCUT2D eigenvalue weighted by Gasteiger charge is 2.14. The summed E-state index contributed by atoms with van der Waals surface area (Å²) in [6.45, 7) is -0.588. The molecule has 0 heterocycles. The zero-order valence-corrected chi connectivity index (χ0v) is 10.8. The first kappa shape index (κ1) is 15.4. The minimum atomic E-state index is -2.85. The molecule has 0 spiro atoms. The van der Waals surface area contributed by atoms with E-state index in [2.05, 4.69) is 4.74 Å². The van der Waals surface area contributed by atoms with Gasteiger partial charge in [-0.15, -0.1) is 0 Å². The van der Waals surface area contributed by atoms with Crippen LogP contribution in [0.4, 0.5) is 8.78 Å². The average molecular weight is 273 g/mol. The van der Waals surface area contributed by atoms with Gasteiger partial charge >= 0.3 is 12.6 Å². The fourth-order valence-corrected chi connectivity index (χ4v) is 1.67. The summed E-state index contributed by atoms with van der Waals surface area (Å²) in [4.78, 5) is 12.4. The SMILES string of the molecule is CC(c1cccc(OC(F)F)c1)N(C)CCC(=O)O. The summed E-state index contributed by atoms with van der Waals surface area (Å²) >= 11 is 0. The second-order valence-electron chi connectivity index (χ2n) is 4.25. The van der Waals surface area contributed by atoms with Gasteiger partial charge in [-0.3, -0.25) is 9.69 Å². The van der Waals surface area contributed by atoms with Crippen molar-refractivity contribution in [3.8, 4) is 5.75 Å². The molecule has 6 heteroatoms. The maximum Gasteiger partial charge on any atom is 0.387 e. The third-order valence-corrected chi connectivity index (χ3v) is 2.91. The van der Waals surface area contributed by atoms with Crippen LogP contribution in [0.5, 0.6) is 5.75 Å². The summed E-state index contributed by atoms with van der Waals surface area (Å²) < 4.78 is 28.6. The first-order chi connectivity index (χ1) is 8.90. The maximum absolute atomic E-state index is 12.1. The molecule has 1 atom stereocenters. The Morgan fingerprint density at radius 3 is 2.74 bits per heavy atom. The summed E-state index contributed by atoms with van der Waals surface area (Å²) in [5, 5.41) is 8.63. The Hall–Kier alpha value is -1.69. The van der Waals surface area contributed by atoms with Crippen molar-refractivity contribution < 1.29 is 23.4 Å². The number of alkyl halides is 2. The molecule has 1 aromatic carbocycles. The molecule has 0 amide bonds. The number of carbonyl (C=O) groups is 1. The monoisotopic (exact) mass is 273 g/mol. The third-order valence-electron chi connectivity index (χ3n) is 2.91. The van der Waals surface area contributed by atoms with E-state index in [4.69, 9.17) is 5.11 Å². The molecule has 4 nitrogen and oxygen atoms in total. The van der Waals surface area contributed by atoms with Gasteiger partial charge in [0, 0.05) is 12.6 Å². The van der Waals surface area contributed by atoms with Crippen molar-refractivity contribution in [1.29, 1.82) is 0 Å². The van der Waals surface area contributed by atoms with E-state index in [0.29, 0.717) is 6.54 Å². The van der Waals surface area contributed by atoms with Crippen LogP contribution in [0.3, 0.4) is 0 Å². The fourth-order valence-electron chi connectivity index (χ4n) is 1.67. The molecule has 0 aliphatic carbocycles. The predicted molar refractivity (Wildman–Crippen MR) is 66.4 cm³/mol. The molecule has 0 aliphatic rings. The number of nitrogens with zero attached hydrogens (tertiary/aromatic N) is 1. The topological polar surface area (TPSA) is 49.8 Å². The zero-order chi connectivity index (χ0) is 14.4. The molecule has 0 aromatic heterocycles. The smallest absolute Gasteiger partial charge is 0.387 e. The minimum Gasteiger partial charge on any atom is -0.481 e. The molecule has 19 heavy (non-hydrogen) atoms. The summed E-state index contributed by atoms with van der Waals surface area (Å²) in [5.74, 6) is -0.764. The number of aliphatic carboxylic acids is 1. The van der Waals surface area contributed by atoms with Crippen molar-refractivity contribution in [2.75, 3.05) is 13.6 Å². The van der Waals surface area contributed by atoms with Gasteiger partial charge in [-0.25, -0.2) is 0 Å². The van der Waals surface area contributed by atoms with Crippen molar-refractivity contribution in [2.24, 2.45) is 0 Å². The van der Waals surface area contributed by atoms with E-state index in [1.807, 2.05) is 11.8 Å². The summed E-state index contributed by atoms with van der Waals surface area (Å²) in [6.07, 6.45) is 0.0358. The number of benzene rings is 1. The molecule has 1 N–H and O–H groups in total. The van der Waals surface area contributed by atoms with E-state index in [-0.39, 0.29) is 18.2 Å². The van der Waals surface area contributed by atoms with Gasteiger partial charge in [-0.2, -0.15) is 8.78 Å². The van der Waals surface area contributed by atoms with Crippen LogP contribution < -0.4 is 4.74 Å². The molecule has 0 bridgehead atoms. The van der Waals surface area contributed by atoms with Crippen molar-refractivity contribution in [2.45, 2.75) is 26.0 Å². The van der Waals surface area contributed by atoms with Crippen LogP contribution in [-0.4, -0.2) is 36.2 Å². The third kappa shape index (κ3) is 5.21. The largest absolute Gasteiger partial charge is 0.481 e. The molecule has 0 saturated carbocycles. The van der Waals surface area contributed by atoms with Gasteiger partial charge in [-0.05, 0) is 31.7 Å². The Labute approximate surface area is 110 Å². The zero-order valence-electron chi connectivity index (χ0n) is 10.8. The van der Waals surface area contributed by atoms with Crippen molar-refractivity contribution in [3.05, 3.63) is 29.8 Å². The van der Waals surface area contributed by atoms with Crippen LogP contribution in [0.1, 0.15) is 24.9 Å². The Morgan fingerprint density at radius 2 is 2.16 bits per heavy atom. The molecule has 1 rings (SSSR count). The molecular formula is C13H17F2NO3. The quantitative estimate of drug-likeness (QED) is 0.830. The fraction of sp³-hybridized carbons (Fsp3) is 0.462. The van der Waals surface area contributed by atoms with Gasteiger partial charge in [0.05, 0.1) is 6.42 Å². The van der Waals surface area contributed by atoms with E-state index >= 15 is 0 Å². The lowest BCUT2D eigenvalue weighted by atomic mass is 10.1. The van der Waals surface area contributed by atoms with Gasteiger partial charge in [-0.1, -0.05) is 12.1 Å². The predicted octanol–water partition coefficient (Wildman–Crippen LogP) is 2.76. The van der Waals surface area contributed by atoms with Crippen LogP contribution in [0, 0.1) is 0 Å². The van der Waals surface area contributed by atoms with Crippen molar-refractivity contribution in [1.82, 2.24) is 4.90 Å². The summed E-state index contributed by atoms with van der Waals surface area (Å²) in [6, 6.07) is 6.34. The highest BCUT2D eigenvalue weighted by molar-refractivity contribution is 5.66. The normalized spacial score (nSPS) is 12.7. The van der Waals surface area contributed by atoms with Gasteiger partial charge in [0.1, 0.15) is 5.75 Å². The van der Waals surface area contributed by atoms with Crippen LogP contribution in [0.15, 0.2) is 24.3 Å². The lowest BCUT2D eigenvalue weighted by molar-refractivity contribution is -0.137. The van der Waals surface area contributed by atoms with Gasteiger partial charge in [0.15, 0.2) is 0 Å². The van der Waals surface area contributed by atoms with Crippen LogP contribution >= 0.6 is 0 Å². The van der Waals surface area contributed by atoms with E-state index in [1.54, 1.807) is 19.2 Å². The number of hydrogen-bond acceptors (Lipinski definition) is 3. The summed E-state index contributed by atoms with van der Waals surface area (Å²) in [5.41, 5.74) is 0.797. The number of hydrogen-bond donors (Lipinski definition) is 1. The highest BCUT2D eigenvalue weighted by atomic mass is 19.3. The van der Waals surface area contributed by atoms with Crippen molar-refractivity contribution >= 4 is 5.97 Å². The number of carboxylic acid groups (broad SMARTS) is 1. The number of halogens is 2. The molecule has 1 aromatic rings. The minimum absolute atomic E-state index is 0.0358. The number of carboxylic acids is 1. The van der Waals surface area contributed by atoms with Gasteiger partial charge in [0.2, 0.25) is 0 Å². The second kappa shape index (κ2) is 7.04. The number of ether oxygens (including phenoxy) is 1. The van der Waals surface area contributed by atoms with Crippen LogP contribution in [0.2, 0.25) is 0 Å². The Bertz CT molecular complexity index is 426. The molecular weight excluding hydrogens is 256 g/mol. The summed E-state index contributed by atoms with van der Waals surface area (Å²) in [7, 11) is 1.79. The highest BCUT2D eigenvalue weighted by Crippen LogP contribution is 2.24. The molecule has 1 unspecified atom stereocenters. The number of rotatable bonds is 7. The first-order valence-corrected chi connectivity index (χ1v) is 5.87. The van der Waals surface area contributed by atoms with Crippen molar-refractivity contribution in [3.63, 3.8) is 0 Å². The Morgan fingerprint density at radius 1 is 1.47 bits per heavy atom. The van der Waals surface area contributed by atoms with Gasteiger partial charge < -0.3 is 9.84 Å². The molecule has 106 valence electrons. The van der Waals surface area contributed by atoms with E-state index < -0.39 is 12.6 Å². The second-order valence-corrected chi connectivity index (χ2v) is 4.25. The lowest BCUT2D eigenvalue weighted by Gasteiger charge is -2.24. The molecule has 0 aliphatic heterocycles. The van der Waals surface area contributed by atoms with Crippen LogP contribution in [0.25, 0.3) is 0 Å². The molecule has 0 saturated heterocycles.